The first-order valence-corrected chi connectivity index (χ1v) is 17.7. The van der Waals surface area contributed by atoms with Crippen LogP contribution in [0, 0.1) is 0 Å². The van der Waals surface area contributed by atoms with E-state index >= 15 is 0 Å². The lowest BCUT2D eigenvalue weighted by atomic mass is 10.0. The fourth-order valence-corrected chi connectivity index (χ4v) is 5.88. The minimum atomic E-state index is -0.854. The summed E-state index contributed by atoms with van der Waals surface area (Å²) in [5.41, 5.74) is 0. The predicted molar refractivity (Wildman–Crippen MR) is 171 cm³/mol. The van der Waals surface area contributed by atoms with Crippen LogP contribution in [-0.2, 0) is 4.79 Å². The maximum atomic E-state index is 12.5. The number of β-amino-alcohol motifs (C(OH)–C–C–N with tert-alkyl or cyclic N) is 1. The Morgan fingerprint density at radius 2 is 1.03 bits per heavy atom. The highest BCUT2D eigenvalue weighted by atomic mass is 16.3. The van der Waals surface area contributed by atoms with Crippen LogP contribution in [0.15, 0.2) is 4.99 Å². The SMILES string of the molecule is CCCCCCCCCCCCCCCC(=O)C(O)CN1CCN=C1CCCCCCCCCCCCCC. The molecule has 1 aliphatic heterocycles. The average Bonchev–Trinajstić information content (AvgIpc) is 3.38. The van der Waals surface area contributed by atoms with Gasteiger partial charge in [-0.15, -0.1) is 0 Å². The summed E-state index contributed by atoms with van der Waals surface area (Å²) in [5, 5.41) is 10.5. The van der Waals surface area contributed by atoms with Crippen molar-refractivity contribution in [2.24, 2.45) is 4.99 Å². The molecule has 1 heterocycles. The first-order chi connectivity index (χ1) is 19.2. The second-order valence-corrected chi connectivity index (χ2v) is 12.4. The number of aliphatic imine (C=N–C) groups is 1. The van der Waals surface area contributed by atoms with Crippen LogP contribution in [0.25, 0.3) is 0 Å². The molecule has 1 rings (SSSR count). The Labute approximate surface area is 244 Å². The number of ketones is 1. The number of rotatable bonds is 30. The summed E-state index contributed by atoms with van der Waals surface area (Å²) < 4.78 is 0. The molecule has 0 radical (unpaired) electrons. The Morgan fingerprint density at radius 1 is 0.641 bits per heavy atom. The van der Waals surface area contributed by atoms with Gasteiger partial charge in [-0.2, -0.15) is 0 Å². The molecule has 1 atom stereocenters. The Hall–Kier alpha value is -0.900. The van der Waals surface area contributed by atoms with Gasteiger partial charge >= 0.3 is 0 Å². The van der Waals surface area contributed by atoms with Crippen LogP contribution in [-0.4, -0.2) is 47.4 Å². The van der Waals surface area contributed by atoms with Crippen LogP contribution in [0.5, 0.6) is 0 Å². The van der Waals surface area contributed by atoms with Gasteiger partial charge in [-0.1, -0.05) is 162 Å². The molecule has 1 N–H and O–H groups in total. The monoisotopic (exact) mass is 549 g/mol. The lowest BCUT2D eigenvalue weighted by Crippen LogP contribution is -2.39. The molecule has 0 saturated heterocycles. The summed E-state index contributed by atoms with van der Waals surface area (Å²) >= 11 is 0. The molecule has 1 unspecified atom stereocenters. The van der Waals surface area contributed by atoms with Gasteiger partial charge in [0.05, 0.1) is 18.9 Å². The number of aliphatic hydroxyl groups is 1. The summed E-state index contributed by atoms with van der Waals surface area (Å²) in [6.45, 7) is 6.67. The van der Waals surface area contributed by atoms with E-state index in [2.05, 4.69) is 23.7 Å². The molecule has 0 bridgehead atoms. The second-order valence-electron chi connectivity index (χ2n) is 12.4. The number of nitrogens with zero attached hydrogens (tertiary/aromatic N) is 2. The van der Waals surface area contributed by atoms with Crippen LogP contribution >= 0.6 is 0 Å². The molecule has 0 aliphatic carbocycles. The zero-order valence-corrected chi connectivity index (χ0v) is 26.5. The highest BCUT2D eigenvalue weighted by molar-refractivity contribution is 5.86. The van der Waals surface area contributed by atoms with Gasteiger partial charge in [0.25, 0.3) is 0 Å². The van der Waals surface area contributed by atoms with E-state index in [9.17, 15) is 9.90 Å². The number of unbranched alkanes of at least 4 members (excludes halogenated alkanes) is 23. The number of hydrogen-bond donors (Lipinski definition) is 1. The van der Waals surface area contributed by atoms with E-state index in [4.69, 9.17) is 0 Å². The number of hydrogen-bond acceptors (Lipinski definition) is 4. The average molecular weight is 549 g/mol. The summed E-state index contributed by atoms with van der Waals surface area (Å²) in [6.07, 6.45) is 34.0. The summed E-state index contributed by atoms with van der Waals surface area (Å²) in [7, 11) is 0. The van der Waals surface area contributed by atoms with Gasteiger partial charge in [-0.3, -0.25) is 9.79 Å². The van der Waals surface area contributed by atoms with Crippen molar-refractivity contribution >= 4 is 11.6 Å². The number of aliphatic hydroxyl groups excluding tert-OH is 1. The second kappa shape index (κ2) is 27.3. The molecule has 0 saturated carbocycles. The molecular weight excluding hydrogens is 480 g/mol. The molecule has 39 heavy (non-hydrogen) atoms. The molecule has 0 amide bonds. The summed E-state index contributed by atoms with van der Waals surface area (Å²) in [5.74, 6) is 1.14. The Balaban J connectivity index is 1.96. The quantitative estimate of drug-likeness (QED) is 0.0908. The van der Waals surface area contributed by atoms with E-state index in [-0.39, 0.29) is 5.78 Å². The van der Waals surface area contributed by atoms with Gasteiger partial charge in [-0.05, 0) is 12.8 Å². The molecule has 1 aliphatic rings. The standard InChI is InChI=1S/C35H68N2O2/c1-3-5-7-9-11-13-15-17-18-20-22-24-26-28-33(38)34(39)32-37-31-30-36-35(37)29-27-25-23-21-19-16-14-12-10-8-6-4-2/h34,39H,3-32H2,1-2H3. The highest BCUT2D eigenvalue weighted by Gasteiger charge is 2.23. The van der Waals surface area contributed by atoms with E-state index in [1.165, 1.54) is 148 Å². The fourth-order valence-electron chi connectivity index (χ4n) is 5.88. The smallest absolute Gasteiger partial charge is 0.163 e. The number of amidine groups is 1. The van der Waals surface area contributed by atoms with Crippen LogP contribution < -0.4 is 0 Å². The summed E-state index contributed by atoms with van der Waals surface area (Å²) in [4.78, 5) is 19.3. The van der Waals surface area contributed by atoms with E-state index in [1.807, 2.05) is 0 Å². The molecule has 4 heteroatoms. The Morgan fingerprint density at radius 3 is 1.46 bits per heavy atom. The number of carbonyl (C=O) groups excluding carboxylic acids is 1. The molecule has 0 aromatic heterocycles. The third-order valence-corrected chi connectivity index (χ3v) is 8.57. The first-order valence-electron chi connectivity index (χ1n) is 17.7. The van der Waals surface area contributed by atoms with Crippen LogP contribution in [0.1, 0.15) is 187 Å². The molecule has 0 aromatic carbocycles. The van der Waals surface area contributed by atoms with Crippen LogP contribution in [0.4, 0.5) is 0 Å². The maximum Gasteiger partial charge on any atom is 0.163 e. The van der Waals surface area contributed by atoms with E-state index in [0.29, 0.717) is 13.0 Å². The van der Waals surface area contributed by atoms with Crippen molar-refractivity contribution < 1.29 is 9.90 Å². The van der Waals surface area contributed by atoms with Gasteiger partial charge in [-0.25, -0.2) is 0 Å². The Kier molecular flexibility index (Phi) is 25.3. The zero-order valence-electron chi connectivity index (χ0n) is 26.5. The van der Waals surface area contributed by atoms with Crippen LogP contribution in [0.3, 0.4) is 0 Å². The zero-order chi connectivity index (χ0) is 28.2. The van der Waals surface area contributed by atoms with E-state index < -0.39 is 6.10 Å². The van der Waals surface area contributed by atoms with Crippen molar-refractivity contribution in [3.05, 3.63) is 0 Å². The lowest BCUT2D eigenvalue weighted by Gasteiger charge is -2.23. The van der Waals surface area contributed by atoms with Gasteiger partial charge in [0.15, 0.2) is 5.78 Å². The molecule has 0 fully saturated rings. The van der Waals surface area contributed by atoms with Crippen molar-refractivity contribution in [2.45, 2.75) is 193 Å². The number of Topliss-reactive ketones (excluding diaryl/α,β-unsaturated/α-hetero) is 1. The maximum absolute atomic E-state index is 12.5. The van der Waals surface area contributed by atoms with Crippen molar-refractivity contribution in [1.82, 2.24) is 4.90 Å². The van der Waals surface area contributed by atoms with Crippen molar-refractivity contribution in [1.29, 1.82) is 0 Å². The van der Waals surface area contributed by atoms with Crippen molar-refractivity contribution in [2.75, 3.05) is 19.6 Å². The topological polar surface area (TPSA) is 52.9 Å². The van der Waals surface area contributed by atoms with E-state index in [0.717, 1.165) is 38.2 Å². The van der Waals surface area contributed by atoms with Gasteiger partial charge in [0.2, 0.25) is 0 Å². The van der Waals surface area contributed by atoms with Crippen molar-refractivity contribution in [3.63, 3.8) is 0 Å². The molecule has 0 aromatic rings. The highest BCUT2D eigenvalue weighted by Crippen LogP contribution is 2.16. The molecular formula is C35H68N2O2. The van der Waals surface area contributed by atoms with Crippen molar-refractivity contribution in [3.8, 4) is 0 Å². The summed E-state index contributed by atoms with van der Waals surface area (Å²) in [6, 6.07) is 0. The van der Waals surface area contributed by atoms with Crippen LogP contribution in [0.2, 0.25) is 0 Å². The Bertz CT molecular complexity index is 577. The number of carbonyl (C=O) groups is 1. The molecule has 0 spiro atoms. The fraction of sp³-hybridized carbons (Fsp3) is 0.943. The largest absolute Gasteiger partial charge is 0.383 e. The van der Waals surface area contributed by atoms with Gasteiger partial charge < -0.3 is 10.0 Å². The predicted octanol–water partition coefficient (Wildman–Crippen LogP) is 10.2. The molecule has 230 valence electrons. The minimum Gasteiger partial charge on any atom is -0.383 e. The molecule has 4 nitrogen and oxygen atoms in total. The van der Waals surface area contributed by atoms with Gasteiger partial charge in [0, 0.05) is 19.4 Å². The first kappa shape index (κ1) is 36.1. The normalized spacial score (nSPS) is 14.2. The van der Waals surface area contributed by atoms with E-state index in [1.54, 1.807) is 0 Å². The lowest BCUT2D eigenvalue weighted by molar-refractivity contribution is -0.127. The minimum absolute atomic E-state index is 0.0229. The third kappa shape index (κ3) is 21.5. The third-order valence-electron chi connectivity index (χ3n) is 8.57. The van der Waals surface area contributed by atoms with Gasteiger partial charge in [0.1, 0.15) is 6.10 Å².